The van der Waals surface area contributed by atoms with E-state index in [0.29, 0.717) is 0 Å². The molecule has 120 valence electrons. The molecule has 0 aliphatic heterocycles. The SMILES string of the molecule is O=C(O)c1ccc(O)c(O)c1.O=C(O)c1ccc(O)c(O)c1.[Zr]. The first-order chi connectivity index (χ1) is 10.2. The molecule has 6 N–H and O–H groups in total. The monoisotopic (exact) mass is 398 g/mol. The Morgan fingerprint density at radius 2 is 0.913 bits per heavy atom. The van der Waals surface area contributed by atoms with Crippen molar-refractivity contribution in [2.45, 2.75) is 0 Å². The van der Waals surface area contributed by atoms with Crippen molar-refractivity contribution in [3.63, 3.8) is 0 Å². The minimum atomic E-state index is -1.14. The topological polar surface area (TPSA) is 156 Å². The molecule has 2 aromatic rings. The predicted molar refractivity (Wildman–Crippen MR) is 73.5 cm³/mol. The maximum atomic E-state index is 10.3. The summed E-state index contributed by atoms with van der Waals surface area (Å²) in [5, 5.41) is 52.1. The largest absolute Gasteiger partial charge is 0.504 e. The van der Waals surface area contributed by atoms with Crippen LogP contribution in [0.2, 0.25) is 0 Å². The van der Waals surface area contributed by atoms with E-state index in [2.05, 4.69) is 0 Å². The van der Waals surface area contributed by atoms with Gasteiger partial charge in [0.2, 0.25) is 0 Å². The minimum absolute atomic E-state index is 0. The Bertz CT molecular complexity index is 652. The van der Waals surface area contributed by atoms with E-state index in [9.17, 15) is 9.59 Å². The first kappa shape index (κ1) is 20.5. The van der Waals surface area contributed by atoms with Gasteiger partial charge in [-0.3, -0.25) is 0 Å². The van der Waals surface area contributed by atoms with Gasteiger partial charge in [-0.2, -0.15) is 0 Å². The molecule has 0 radical (unpaired) electrons. The van der Waals surface area contributed by atoms with E-state index < -0.39 is 23.4 Å². The summed E-state index contributed by atoms with van der Waals surface area (Å²) in [7, 11) is 0. The fraction of sp³-hybridized carbons (Fsp3) is 0. The number of rotatable bonds is 2. The molecule has 0 heterocycles. The van der Waals surface area contributed by atoms with Gasteiger partial charge >= 0.3 is 11.9 Å². The number of hydrogen-bond donors (Lipinski definition) is 6. The molecular weight excluding hydrogens is 387 g/mol. The second-order valence-electron chi connectivity index (χ2n) is 4.02. The van der Waals surface area contributed by atoms with Gasteiger partial charge in [0.05, 0.1) is 11.1 Å². The fourth-order valence-corrected chi connectivity index (χ4v) is 1.31. The Morgan fingerprint density at radius 1 is 0.609 bits per heavy atom. The normalized spacial score (nSPS) is 9.04. The van der Waals surface area contributed by atoms with Gasteiger partial charge in [-0.15, -0.1) is 0 Å². The molecule has 9 heteroatoms. The van der Waals surface area contributed by atoms with Gasteiger partial charge in [-0.1, -0.05) is 0 Å². The Balaban J connectivity index is 0.000000403. The van der Waals surface area contributed by atoms with Crippen LogP contribution in [0, 0.1) is 0 Å². The Hall–Kier alpha value is -2.54. The molecule has 0 atom stereocenters. The number of carbonyl (C=O) groups is 2. The third-order valence-corrected chi connectivity index (χ3v) is 2.44. The van der Waals surface area contributed by atoms with Gasteiger partial charge in [0, 0.05) is 26.2 Å². The Kier molecular flexibility index (Phi) is 7.83. The van der Waals surface area contributed by atoms with E-state index >= 15 is 0 Å². The van der Waals surface area contributed by atoms with Crippen molar-refractivity contribution < 1.29 is 66.4 Å². The average Bonchev–Trinajstić information content (AvgIpc) is 2.45. The zero-order chi connectivity index (χ0) is 16.9. The number of benzene rings is 2. The van der Waals surface area contributed by atoms with Crippen LogP contribution in [-0.4, -0.2) is 42.6 Å². The number of phenolic OH excluding ortho intramolecular Hbond substituents is 4. The molecule has 0 spiro atoms. The van der Waals surface area contributed by atoms with Gasteiger partial charge < -0.3 is 30.6 Å². The third kappa shape index (κ3) is 6.00. The summed E-state index contributed by atoms with van der Waals surface area (Å²) in [6.45, 7) is 0. The van der Waals surface area contributed by atoms with Crippen molar-refractivity contribution in [1.82, 2.24) is 0 Å². The molecule has 8 nitrogen and oxygen atoms in total. The second-order valence-corrected chi connectivity index (χ2v) is 4.02. The molecule has 0 saturated heterocycles. The van der Waals surface area contributed by atoms with E-state index in [1.807, 2.05) is 0 Å². The molecule has 0 bridgehead atoms. The maximum absolute atomic E-state index is 10.3. The molecule has 0 aromatic heterocycles. The summed E-state index contributed by atoms with van der Waals surface area (Å²) < 4.78 is 0. The summed E-state index contributed by atoms with van der Waals surface area (Å²) in [6, 6.07) is 6.63. The van der Waals surface area contributed by atoms with Crippen molar-refractivity contribution in [2.75, 3.05) is 0 Å². The smallest absolute Gasteiger partial charge is 0.335 e. The van der Waals surface area contributed by atoms with Crippen molar-refractivity contribution in [3.8, 4) is 23.0 Å². The molecule has 23 heavy (non-hydrogen) atoms. The number of aromatic carboxylic acids is 2. The molecule has 0 amide bonds. The quantitative estimate of drug-likeness (QED) is 0.416. The maximum Gasteiger partial charge on any atom is 0.335 e. The van der Waals surface area contributed by atoms with Crippen molar-refractivity contribution >= 4 is 11.9 Å². The van der Waals surface area contributed by atoms with Crippen molar-refractivity contribution in [1.29, 1.82) is 0 Å². The zero-order valence-corrected chi connectivity index (χ0v) is 13.9. The standard InChI is InChI=1S/2C7H6O4.Zr/c2*8-5-2-1-4(7(10)11)3-6(5)9;/h2*1-3,8-9H,(H,10,11);. The summed E-state index contributed by atoms with van der Waals surface area (Å²) in [6.07, 6.45) is 0. The van der Waals surface area contributed by atoms with Crippen molar-refractivity contribution in [3.05, 3.63) is 47.5 Å². The van der Waals surface area contributed by atoms with Crippen LogP contribution in [0.25, 0.3) is 0 Å². The van der Waals surface area contributed by atoms with E-state index in [1.54, 1.807) is 0 Å². The van der Waals surface area contributed by atoms with Crippen LogP contribution in [0.5, 0.6) is 23.0 Å². The zero-order valence-electron chi connectivity index (χ0n) is 11.5. The number of aromatic hydroxyl groups is 4. The molecule has 0 aliphatic carbocycles. The van der Waals surface area contributed by atoms with Crippen LogP contribution in [-0.2, 0) is 26.2 Å². The second kappa shape index (κ2) is 8.80. The van der Waals surface area contributed by atoms with Crippen LogP contribution in [0.3, 0.4) is 0 Å². The number of phenols is 4. The van der Waals surface area contributed by atoms with Gasteiger partial charge in [-0.25, -0.2) is 9.59 Å². The molecule has 2 rings (SSSR count). The average molecular weight is 399 g/mol. The summed E-state index contributed by atoms with van der Waals surface area (Å²) in [4.78, 5) is 20.5. The van der Waals surface area contributed by atoms with Gasteiger partial charge in [0.15, 0.2) is 23.0 Å². The third-order valence-electron chi connectivity index (χ3n) is 2.44. The van der Waals surface area contributed by atoms with Gasteiger partial charge in [0.25, 0.3) is 0 Å². The van der Waals surface area contributed by atoms with E-state index in [1.165, 1.54) is 12.1 Å². The summed E-state index contributed by atoms with van der Waals surface area (Å²) in [5.74, 6) is -3.78. The van der Waals surface area contributed by atoms with Crippen LogP contribution >= 0.6 is 0 Å². The van der Waals surface area contributed by atoms with E-state index in [4.69, 9.17) is 30.6 Å². The number of carboxylic acids is 2. The van der Waals surface area contributed by atoms with Crippen LogP contribution in [0.15, 0.2) is 36.4 Å². The summed E-state index contributed by atoms with van der Waals surface area (Å²) in [5.41, 5.74) is -0.111. The number of hydrogen-bond acceptors (Lipinski definition) is 6. The molecule has 0 fully saturated rings. The Morgan fingerprint density at radius 3 is 1.13 bits per heavy atom. The van der Waals surface area contributed by atoms with E-state index in [0.717, 1.165) is 24.3 Å². The van der Waals surface area contributed by atoms with Gasteiger partial charge in [-0.05, 0) is 36.4 Å². The van der Waals surface area contributed by atoms with Crippen molar-refractivity contribution in [2.24, 2.45) is 0 Å². The molecule has 0 saturated carbocycles. The van der Waals surface area contributed by atoms with Crippen LogP contribution in [0.4, 0.5) is 0 Å². The number of carboxylic acid groups (broad SMARTS) is 2. The molecule has 0 aliphatic rings. The molecular formula is C14H12O8Zr. The van der Waals surface area contributed by atoms with Crippen LogP contribution < -0.4 is 0 Å². The predicted octanol–water partition coefficient (Wildman–Crippen LogP) is 1.59. The molecule has 2 aromatic carbocycles. The van der Waals surface area contributed by atoms with Gasteiger partial charge in [0.1, 0.15) is 0 Å². The molecule has 0 unspecified atom stereocenters. The van der Waals surface area contributed by atoms with Crippen LogP contribution in [0.1, 0.15) is 20.7 Å². The summed E-state index contributed by atoms with van der Waals surface area (Å²) >= 11 is 0. The first-order valence-electron chi connectivity index (χ1n) is 5.73. The fourth-order valence-electron chi connectivity index (χ4n) is 1.31. The first-order valence-corrected chi connectivity index (χ1v) is 5.73. The Labute approximate surface area is 149 Å². The minimum Gasteiger partial charge on any atom is -0.504 e. The van der Waals surface area contributed by atoms with E-state index in [-0.39, 0.29) is 48.8 Å².